The molecule has 1 aliphatic rings. The van der Waals surface area contributed by atoms with E-state index in [1.807, 2.05) is 54.6 Å². The van der Waals surface area contributed by atoms with Gasteiger partial charge < -0.3 is 14.7 Å². The lowest BCUT2D eigenvalue weighted by atomic mass is 9.87. The number of hydrogen-bond donors (Lipinski definition) is 1. The van der Waals surface area contributed by atoms with Crippen molar-refractivity contribution in [1.29, 1.82) is 0 Å². The summed E-state index contributed by atoms with van der Waals surface area (Å²) >= 11 is 0. The lowest BCUT2D eigenvalue weighted by Crippen LogP contribution is -2.37. The molecular formula is C20H23N5O2. The van der Waals surface area contributed by atoms with Gasteiger partial charge in [0.15, 0.2) is 0 Å². The van der Waals surface area contributed by atoms with Crippen LogP contribution in [0.4, 0.5) is 5.95 Å². The Morgan fingerprint density at radius 1 is 1.04 bits per heavy atom. The van der Waals surface area contributed by atoms with E-state index in [0.717, 1.165) is 48.9 Å². The van der Waals surface area contributed by atoms with E-state index in [9.17, 15) is 5.11 Å². The summed E-state index contributed by atoms with van der Waals surface area (Å²) in [5.74, 6) is 1.77. The van der Waals surface area contributed by atoms with Gasteiger partial charge in [0, 0.05) is 13.1 Å². The number of rotatable bonds is 5. The fraction of sp³-hybridized carbons (Fsp3) is 0.350. The molecule has 0 spiro atoms. The number of aromatic nitrogens is 4. The summed E-state index contributed by atoms with van der Waals surface area (Å²) in [7, 11) is 1.64. The zero-order chi connectivity index (χ0) is 18.6. The molecule has 4 rings (SSSR count). The first-order valence-corrected chi connectivity index (χ1v) is 9.17. The summed E-state index contributed by atoms with van der Waals surface area (Å²) in [5, 5.41) is 23.0. The maximum atomic E-state index is 10.8. The van der Waals surface area contributed by atoms with E-state index in [-0.39, 0.29) is 5.92 Å². The molecule has 1 aromatic heterocycles. The average molecular weight is 365 g/mol. The van der Waals surface area contributed by atoms with Crippen molar-refractivity contribution in [1.82, 2.24) is 20.2 Å². The Labute approximate surface area is 158 Å². The molecule has 2 aromatic carbocycles. The van der Waals surface area contributed by atoms with Gasteiger partial charge in [-0.2, -0.15) is 4.68 Å². The molecular weight excluding hydrogens is 342 g/mol. The molecule has 0 unspecified atom stereocenters. The first-order valence-electron chi connectivity index (χ1n) is 9.17. The zero-order valence-corrected chi connectivity index (χ0v) is 15.3. The van der Waals surface area contributed by atoms with Crippen LogP contribution in [0.25, 0.3) is 5.69 Å². The van der Waals surface area contributed by atoms with E-state index in [1.165, 1.54) is 0 Å². The molecule has 3 aromatic rings. The number of tetrazole rings is 1. The number of aliphatic hydroxyl groups excluding tert-OH is 1. The van der Waals surface area contributed by atoms with Crippen molar-refractivity contribution in [2.24, 2.45) is 5.92 Å². The van der Waals surface area contributed by atoms with Crippen LogP contribution < -0.4 is 9.64 Å². The van der Waals surface area contributed by atoms with Gasteiger partial charge in [-0.15, -0.1) is 0 Å². The molecule has 140 valence electrons. The van der Waals surface area contributed by atoms with Gasteiger partial charge in [0.05, 0.1) is 18.9 Å². The smallest absolute Gasteiger partial charge is 0.250 e. The molecule has 0 amide bonds. The molecule has 0 radical (unpaired) electrons. The summed E-state index contributed by atoms with van der Waals surface area (Å²) in [4.78, 5) is 2.18. The highest BCUT2D eigenvalue weighted by molar-refractivity contribution is 5.40. The normalized spacial score (nSPS) is 16.3. The van der Waals surface area contributed by atoms with Crippen LogP contribution in [0.2, 0.25) is 0 Å². The Kier molecular flexibility index (Phi) is 5.02. The van der Waals surface area contributed by atoms with Gasteiger partial charge in [0.25, 0.3) is 0 Å². The third kappa shape index (κ3) is 3.64. The minimum atomic E-state index is -0.469. The minimum absolute atomic E-state index is 0.218. The summed E-state index contributed by atoms with van der Waals surface area (Å²) in [6, 6.07) is 17.5. The summed E-state index contributed by atoms with van der Waals surface area (Å²) in [6.07, 6.45) is 1.30. The van der Waals surface area contributed by atoms with Crippen molar-refractivity contribution in [3.05, 3.63) is 60.2 Å². The summed E-state index contributed by atoms with van der Waals surface area (Å²) in [6.45, 7) is 1.62. The van der Waals surface area contributed by atoms with Crippen molar-refractivity contribution in [2.75, 3.05) is 25.1 Å². The molecule has 0 bridgehead atoms. The number of benzene rings is 2. The lowest BCUT2D eigenvalue weighted by molar-refractivity contribution is 0.0927. The van der Waals surface area contributed by atoms with E-state index >= 15 is 0 Å². The topological polar surface area (TPSA) is 76.3 Å². The number of para-hydroxylation sites is 1. The molecule has 1 atom stereocenters. The quantitative estimate of drug-likeness (QED) is 0.749. The highest BCUT2D eigenvalue weighted by Gasteiger charge is 2.28. The second-order valence-electron chi connectivity index (χ2n) is 6.77. The van der Waals surface area contributed by atoms with Crippen molar-refractivity contribution in [3.63, 3.8) is 0 Å². The van der Waals surface area contributed by atoms with Crippen molar-refractivity contribution >= 4 is 5.95 Å². The Morgan fingerprint density at radius 3 is 2.41 bits per heavy atom. The lowest BCUT2D eigenvalue weighted by Gasteiger charge is -2.34. The van der Waals surface area contributed by atoms with Crippen LogP contribution in [-0.2, 0) is 0 Å². The van der Waals surface area contributed by atoms with Gasteiger partial charge in [0.2, 0.25) is 5.95 Å². The van der Waals surface area contributed by atoms with E-state index < -0.39 is 6.10 Å². The van der Waals surface area contributed by atoms with Crippen LogP contribution in [0.5, 0.6) is 5.75 Å². The second-order valence-corrected chi connectivity index (χ2v) is 6.77. The SMILES string of the molecule is COc1ccc([C@H](O)C2CCN(c3nnnn3-c3ccccc3)CC2)cc1. The van der Waals surface area contributed by atoms with E-state index in [2.05, 4.69) is 20.4 Å². The molecule has 1 aliphatic heterocycles. The van der Waals surface area contributed by atoms with Gasteiger partial charge in [-0.3, -0.25) is 0 Å². The van der Waals surface area contributed by atoms with Gasteiger partial charge in [-0.1, -0.05) is 35.4 Å². The monoisotopic (exact) mass is 365 g/mol. The van der Waals surface area contributed by atoms with Crippen molar-refractivity contribution in [2.45, 2.75) is 18.9 Å². The number of nitrogens with zero attached hydrogens (tertiary/aromatic N) is 5. The molecule has 27 heavy (non-hydrogen) atoms. The number of piperidine rings is 1. The molecule has 1 N–H and O–H groups in total. The van der Waals surface area contributed by atoms with Crippen LogP contribution >= 0.6 is 0 Å². The minimum Gasteiger partial charge on any atom is -0.497 e. The predicted octanol–water partition coefficient (Wildman–Crippen LogP) is 2.62. The summed E-state index contributed by atoms with van der Waals surface area (Å²) < 4.78 is 6.95. The molecule has 0 saturated carbocycles. The van der Waals surface area contributed by atoms with Crippen LogP contribution in [0.15, 0.2) is 54.6 Å². The average Bonchev–Trinajstić information content (AvgIpc) is 3.24. The van der Waals surface area contributed by atoms with Gasteiger partial charge in [0.1, 0.15) is 5.75 Å². The fourth-order valence-electron chi connectivity index (χ4n) is 3.60. The van der Waals surface area contributed by atoms with E-state index in [1.54, 1.807) is 11.8 Å². The van der Waals surface area contributed by atoms with Crippen molar-refractivity contribution < 1.29 is 9.84 Å². The summed E-state index contributed by atoms with van der Waals surface area (Å²) in [5.41, 5.74) is 1.88. The zero-order valence-electron chi connectivity index (χ0n) is 15.3. The Morgan fingerprint density at radius 2 is 1.74 bits per heavy atom. The molecule has 1 fully saturated rings. The molecule has 2 heterocycles. The van der Waals surface area contributed by atoms with E-state index in [0.29, 0.717) is 0 Å². The Hall–Kier alpha value is -2.93. The Balaban J connectivity index is 1.43. The number of ether oxygens (including phenoxy) is 1. The maximum Gasteiger partial charge on any atom is 0.250 e. The second kappa shape index (κ2) is 7.75. The van der Waals surface area contributed by atoms with Gasteiger partial charge in [-0.05, 0) is 59.0 Å². The van der Waals surface area contributed by atoms with Crippen LogP contribution in [0.1, 0.15) is 24.5 Å². The molecule has 7 nitrogen and oxygen atoms in total. The standard InChI is InChI=1S/C20H23N5O2/c1-27-18-9-7-15(8-10-18)19(26)16-11-13-24(14-12-16)20-21-22-23-25(20)17-5-3-2-4-6-17/h2-10,16,19,26H,11-14H2,1H3/t19-/m0/s1. The van der Waals surface area contributed by atoms with Crippen LogP contribution in [-0.4, -0.2) is 45.5 Å². The third-order valence-electron chi connectivity index (χ3n) is 5.18. The van der Waals surface area contributed by atoms with Gasteiger partial charge in [-0.25, -0.2) is 0 Å². The number of hydrogen-bond acceptors (Lipinski definition) is 6. The third-order valence-corrected chi connectivity index (χ3v) is 5.18. The highest BCUT2D eigenvalue weighted by Crippen LogP contribution is 2.32. The number of aliphatic hydroxyl groups is 1. The number of anilines is 1. The first-order chi connectivity index (χ1) is 13.3. The Bertz CT molecular complexity index is 858. The van der Waals surface area contributed by atoms with Crippen LogP contribution in [0, 0.1) is 5.92 Å². The fourth-order valence-corrected chi connectivity index (χ4v) is 3.60. The van der Waals surface area contributed by atoms with E-state index in [4.69, 9.17) is 4.74 Å². The number of methoxy groups -OCH3 is 1. The largest absolute Gasteiger partial charge is 0.497 e. The molecule has 1 saturated heterocycles. The van der Waals surface area contributed by atoms with Gasteiger partial charge >= 0.3 is 0 Å². The predicted molar refractivity (Wildman–Crippen MR) is 102 cm³/mol. The molecule has 7 heteroatoms. The first kappa shape index (κ1) is 17.5. The molecule has 0 aliphatic carbocycles. The van der Waals surface area contributed by atoms with Crippen molar-refractivity contribution in [3.8, 4) is 11.4 Å². The maximum absolute atomic E-state index is 10.8. The van der Waals surface area contributed by atoms with Crippen LogP contribution in [0.3, 0.4) is 0 Å². The highest BCUT2D eigenvalue weighted by atomic mass is 16.5.